The molecule has 15 heavy (non-hydrogen) atoms. The number of esters is 1. The first-order valence-electron chi connectivity index (χ1n) is 4.35. The largest absolute Gasteiger partial charge is 0.508 e. The third kappa shape index (κ3) is 2.92. The lowest BCUT2D eigenvalue weighted by atomic mass is 10.1. The van der Waals surface area contributed by atoms with Gasteiger partial charge in [-0.2, -0.15) is 0 Å². The average Bonchev–Trinajstić information content (AvgIpc) is 2.20. The second kappa shape index (κ2) is 4.75. The van der Waals surface area contributed by atoms with Crippen LogP contribution in [-0.2, 0) is 16.0 Å². The summed E-state index contributed by atoms with van der Waals surface area (Å²) in [5, 5.41) is 9.35. The Kier molecular flexibility index (Phi) is 3.62. The van der Waals surface area contributed by atoms with Gasteiger partial charge in [0.25, 0.3) is 0 Å². The molecule has 3 N–H and O–H groups in total. The highest BCUT2D eigenvalue weighted by Gasteiger charge is 2.16. The normalized spacial score (nSPS) is 12.2. The maximum atomic E-state index is 12.6. The van der Waals surface area contributed by atoms with Crippen molar-refractivity contribution in [3.05, 3.63) is 29.6 Å². The fourth-order valence-electron chi connectivity index (χ4n) is 1.18. The molecular weight excluding hydrogens is 201 g/mol. The number of rotatable bonds is 3. The van der Waals surface area contributed by atoms with Crippen LogP contribution in [0.15, 0.2) is 18.2 Å². The van der Waals surface area contributed by atoms with E-state index < -0.39 is 17.8 Å². The van der Waals surface area contributed by atoms with E-state index in [1.54, 1.807) is 0 Å². The molecule has 0 bridgehead atoms. The number of halogens is 1. The second-order valence-electron chi connectivity index (χ2n) is 3.11. The molecule has 1 atom stereocenters. The number of phenols is 1. The molecule has 0 saturated carbocycles. The molecule has 0 aliphatic heterocycles. The van der Waals surface area contributed by atoms with Gasteiger partial charge in [0.1, 0.15) is 17.6 Å². The Morgan fingerprint density at radius 1 is 1.67 bits per heavy atom. The lowest BCUT2D eigenvalue weighted by molar-refractivity contribution is -0.142. The first-order chi connectivity index (χ1) is 7.04. The number of phenolic OH excluding ortho intramolecular Hbond substituents is 1. The molecule has 1 aromatic carbocycles. The van der Waals surface area contributed by atoms with E-state index in [1.807, 2.05) is 0 Å². The minimum atomic E-state index is -0.855. The SMILES string of the molecule is COC(=O)[C@H](N)Cc1ccc(F)cc1O. The molecule has 0 saturated heterocycles. The van der Waals surface area contributed by atoms with Crippen LogP contribution in [0.3, 0.4) is 0 Å². The van der Waals surface area contributed by atoms with Gasteiger partial charge in [-0.05, 0) is 11.6 Å². The number of hydrogen-bond acceptors (Lipinski definition) is 4. The quantitative estimate of drug-likeness (QED) is 0.720. The van der Waals surface area contributed by atoms with Gasteiger partial charge in [-0.1, -0.05) is 6.07 Å². The van der Waals surface area contributed by atoms with Gasteiger partial charge in [0.15, 0.2) is 0 Å². The van der Waals surface area contributed by atoms with Crippen LogP contribution in [0, 0.1) is 5.82 Å². The van der Waals surface area contributed by atoms with Crippen LogP contribution in [0.4, 0.5) is 4.39 Å². The monoisotopic (exact) mass is 213 g/mol. The van der Waals surface area contributed by atoms with Crippen molar-refractivity contribution in [2.75, 3.05) is 7.11 Å². The molecule has 5 heteroatoms. The third-order valence-corrected chi connectivity index (χ3v) is 1.99. The molecule has 1 aromatic rings. The average molecular weight is 213 g/mol. The van der Waals surface area contributed by atoms with Gasteiger partial charge in [0.2, 0.25) is 0 Å². The van der Waals surface area contributed by atoms with Crippen LogP contribution < -0.4 is 5.73 Å². The standard InChI is InChI=1S/C10H12FNO3/c1-15-10(14)8(12)4-6-2-3-7(11)5-9(6)13/h2-3,5,8,13H,4,12H2,1H3/t8-/m1/s1. The van der Waals surface area contributed by atoms with Crippen LogP contribution in [-0.4, -0.2) is 24.2 Å². The van der Waals surface area contributed by atoms with Crippen molar-refractivity contribution in [2.45, 2.75) is 12.5 Å². The Hall–Kier alpha value is -1.62. The Balaban J connectivity index is 2.76. The minimum absolute atomic E-state index is 0.110. The first kappa shape index (κ1) is 11.5. The molecule has 0 aliphatic carbocycles. The molecule has 0 aromatic heterocycles. The van der Waals surface area contributed by atoms with Crippen molar-refractivity contribution in [3.63, 3.8) is 0 Å². The molecule has 0 aliphatic rings. The fourth-order valence-corrected chi connectivity index (χ4v) is 1.18. The zero-order valence-electron chi connectivity index (χ0n) is 8.24. The van der Waals surface area contributed by atoms with Crippen molar-refractivity contribution in [1.82, 2.24) is 0 Å². The summed E-state index contributed by atoms with van der Waals surface area (Å²) in [5.41, 5.74) is 5.90. The summed E-state index contributed by atoms with van der Waals surface area (Å²) in [4.78, 5) is 11.0. The Bertz CT molecular complexity index is 368. The first-order valence-corrected chi connectivity index (χ1v) is 4.35. The lowest BCUT2D eigenvalue weighted by Crippen LogP contribution is -2.33. The highest BCUT2D eigenvalue weighted by Crippen LogP contribution is 2.19. The van der Waals surface area contributed by atoms with Gasteiger partial charge in [0, 0.05) is 12.5 Å². The van der Waals surface area contributed by atoms with E-state index in [0.29, 0.717) is 5.56 Å². The Labute approximate surface area is 86.5 Å². The number of carbonyl (C=O) groups is 1. The van der Waals surface area contributed by atoms with Crippen molar-refractivity contribution >= 4 is 5.97 Å². The summed E-state index contributed by atoms with van der Waals surface area (Å²) in [6, 6.07) is 2.69. The number of ether oxygens (including phenoxy) is 1. The summed E-state index contributed by atoms with van der Waals surface area (Å²) in [6.07, 6.45) is 0.110. The molecule has 0 fully saturated rings. The van der Waals surface area contributed by atoms with Crippen LogP contribution in [0.1, 0.15) is 5.56 Å². The fraction of sp³-hybridized carbons (Fsp3) is 0.300. The van der Waals surface area contributed by atoms with Gasteiger partial charge in [-0.3, -0.25) is 4.79 Å². The summed E-state index contributed by atoms with van der Waals surface area (Å²) in [5.74, 6) is -1.32. The van der Waals surface area contributed by atoms with Gasteiger partial charge >= 0.3 is 5.97 Å². The summed E-state index contributed by atoms with van der Waals surface area (Å²) >= 11 is 0. The molecule has 0 radical (unpaired) electrons. The van der Waals surface area contributed by atoms with Crippen LogP contribution in [0.25, 0.3) is 0 Å². The predicted molar refractivity (Wildman–Crippen MR) is 51.8 cm³/mol. The number of carbonyl (C=O) groups excluding carboxylic acids is 1. The van der Waals surface area contributed by atoms with E-state index in [1.165, 1.54) is 19.2 Å². The van der Waals surface area contributed by atoms with Crippen molar-refractivity contribution in [1.29, 1.82) is 0 Å². The maximum absolute atomic E-state index is 12.6. The van der Waals surface area contributed by atoms with E-state index in [4.69, 9.17) is 5.73 Å². The molecule has 0 unspecified atom stereocenters. The number of methoxy groups -OCH3 is 1. The van der Waals surface area contributed by atoms with Gasteiger partial charge < -0.3 is 15.6 Å². The van der Waals surface area contributed by atoms with Crippen molar-refractivity contribution in [3.8, 4) is 5.75 Å². The third-order valence-electron chi connectivity index (χ3n) is 1.99. The zero-order valence-corrected chi connectivity index (χ0v) is 8.24. The minimum Gasteiger partial charge on any atom is -0.508 e. The molecular formula is C10H12FNO3. The second-order valence-corrected chi connectivity index (χ2v) is 3.11. The topological polar surface area (TPSA) is 72.5 Å². The molecule has 82 valence electrons. The van der Waals surface area contributed by atoms with E-state index >= 15 is 0 Å². The van der Waals surface area contributed by atoms with Crippen molar-refractivity contribution < 1.29 is 19.0 Å². The molecule has 0 amide bonds. The number of hydrogen-bond donors (Lipinski definition) is 2. The van der Waals surface area contributed by atoms with Crippen LogP contribution in [0.2, 0.25) is 0 Å². The van der Waals surface area contributed by atoms with Gasteiger partial charge in [-0.15, -0.1) is 0 Å². The highest BCUT2D eigenvalue weighted by atomic mass is 19.1. The van der Waals surface area contributed by atoms with Crippen LogP contribution >= 0.6 is 0 Å². The number of benzene rings is 1. The zero-order chi connectivity index (χ0) is 11.4. The van der Waals surface area contributed by atoms with Crippen molar-refractivity contribution in [2.24, 2.45) is 5.73 Å². The van der Waals surface area contributed by atoms with E-state index in [9.17, 15) is 14.3 Å². The molecule has 1 rings (SSSR count). The van der Waals surface area contributed by atoms with E-state index in [2.05, 4.69) is 4.74 Å². The van der Waals surface area contributed by atoms with Crippen LogP contribution in [0.5, 0.6) is 5.75 Å². The van der Waals surface area contributed by atoms with E-state index in [0.717, 1.165) is 6.07 Å². The Morgan fingerprint density at radius 2 is 2.33 bits per heavy atom. The highest BCUT2D eigenvalue weighted by molar-refractivity contribution is 5.75. The smallest absolute Gasteiger partial charge is 0.322 e. The lowest BCUT2D eigenvalue weighted by Gasteiger charge is -2.10. The maximum Gasteiger partial charge on any atom is 0.322 e. The molecule has 0 heterocycles. The predicted octanol–water partition coefficient (Wildman–Crippen LogP) is 0.574. The van der Waals surface area contributed by atoms with E-state index in [-0.39, 0.29) is 12.2 Å². The molecule has 0 spiro atoms. The van der Waals surface area contributed by atoms with Gasteiger partial charge in [-0.25, -0.2) is 4.39 Å². The number of nitrogens with two attached hydrogens (primary N) is 1. The summed E-state index contributed by atoms with van der Waals surface area (Å²) in [7, 11) is 1.23. The molecule has 4 nitrogen and oxygen atoms in total. The summed E-state index contributed by atoms with van der Waals surface area (Å²) < 4.78 is 17.1. The summed E-state index contributed by atoms with van der Waals surface area (Å²) in [6.45, 7) is 0. The number of aromatic hydroxyl groups is 1. The Morgan fingerprint density at radius 3 is 2.87 bits per heavy atom. The van der Waals surface area contributed by atoms with Gasteiger partial charge in [0.05, 0.1) is 7.11 Å².